The number of primary amides is 1. The lowest BCUT2D eigenvalue weighted by Gasteiger charge is -1.99. The molecule has 0 fully saturated rings. The summed E-state index contributed by atoms with van der Waals surface area (Å²) < 4.78 is 0. The molecule has 0 saturated carbocycles. The van der Waals surface area contributed by atoms with Crippen LogP contribution in [0.1, 0.15) is 15.9 Å². The fourth-order valence-corrected chi connectivity index (χ4v) is 2.20. The van der Waals surface area contributed by atoms with Crippen LogP contribution in [0.15, 0.2) is 41.5 Å². The smallest absolute Gasteiger partial charge is 0.332 e. The highest BCUT2D eigenvalue weighted by molar-refractivity contribution is 6.59. The normalized spacial score (nSPS) is 15.3. The van der Waals surface area contributed by atoms with Gasteiger partial charge in [-0.15, -0.1) is 0 Å². The summed E-state index contributed by atoms with van der Waals surface area (Å²) in [4.78, 5) is 22.8. The van der Waals surface area contributed by atoms with Crippen molar-refractivity contribution in [2.75, 3.05) is 0 Å². The molecule has 0 aliphatic heterocycles. The fourth-order valence-electron chi connectivity index (χ4n) is 2.20. The molecular formula is C13H9N3O2. The topological polar surface area (TPSA) is 84.6 Å². The van der Waals surface area contributed by atoms with Crippen LogP contribution in [-0.2, 0) is 0 Å². The van der Waals surface area contributed by atoms with E-state index in [1.165, 1.54) is 0 Å². The van der Waals surface area contributed by atoms with Gasteiger partial charge < -0.3 is 5.73 Å². The number of urea groups is 1. The number of nitrogens with two attached hydrogens (primary N) is 1. The van der Waals surface area contributed by atoms with Gasteiger partial charge in [0.25, 0.3) is 0 Å². The number of nitrogens with zero attached hydrogens (tertiary/aromatic N) is 1. The largest absolute Gasteiger partial charge is 0.350 e. The minimum atomic E-state index is -0.793. The van der Waals surface area contributed by atoms with Crippen molar-refractivity contribution in [2.45, 2.75) is 0 Å². The molecule has 5 nitrogen and oxygen atoms in total. The first-order chi connectivity index (χ1) is 8.68. The SMILES string of the molecule is NC(=O)NN=C1C(=O)c2cccc3cccc1c23. The molecular weight excluding hydrogens is 230 g/mol. The van der Waals surface area contributed by atoms with Crippen LogP contribution in [0.5, 0.6) is 0 Å². The number of ketones is 1. The number of benzene rings is 2. The van der Waals surface area contributed by atoms with Crippen molar-refractivity contribution in [3.63, 3.8) is 0 Å². The highest BCUT2D eigenvalue weighted by atomic mass is 16.2. The molecule has 0 radical (unpaired) electrons. The van der Waals surface area contributed by atoms with Gasteiger partial charge in [-0.1, -0.05) is 36.4 Å². The third-order valence-electron chi connectivity index (χ3n) is 2.90. The minimum Gasteiger partial charge on any atom is -0.350 e. The number of hydrogen-bond acceptors (Lipinski definition) is 3. The molecule has 2 amide bonds. The number of carbonyl (C=O) groups excluding carboxylic acids is 2. The zero-order valence-electron chi connectivity index (χ0n) is 9.31. The zero-order valence-corrected chi connectivity index (χ0v) is 9.31. The minimum absolute atomic E-state index is 0.199. The van der Waals surface area contributed by atoms with Crippen LogP contribution in [0, 0.1) is 0 Å². The van der Waals surface area contributed by atoms with Crippen LogP contribution in [0.2, 0.25) is 0 Å². The predicted octanol–water partition coefficient (Wildman–Crippen LogP) is 1.41. The van der Waals surface area contributed by atoms with Crippen molar-refractivity contribution in [2.24, 2.45) is 10.8 Å². The van der Waals surface area contributed by atoms with Crippen molar-refractivity contribution in [3.05, 3.63) is 47.5 Å². The zero-order chi connectivity index (χ0) is 12.7. The lowest BCUT2D eigenvalue weighted by atomic mass is 10.1. The summed E-state index contributed by atoms with van der Waals surface area (Å²) >= 11 is 0. The maximum Gasteiger partial charge on any atom is 0.332 e. The summed E-state index contributed by atoms with van der Waals surface area (Å²) in [6, 6.07) is 10.3. The number of nitrogens with one attached hydrogen (secondary N) is 1. The van der Waals surface area contributed by atoms with Gasteiger partial charge in [0.1, 0.15) is 5.71 Å². The van der Waals surface area contributed by atoms with Gasteiger partial charge in [0.15, 0.2) is 0 Å². The molecule has 0 atom stereocenters. The first kappa shape index (κ1) is 10.5. The van der Waals surface area contributed by atoms with Gasteiger partial charge in [0, 0.05) is 16.5 Å². The van der Waals surface area contributed by atoms with E-state index in [2.05, 4.69) is 10.5 Å². The molecule has 5 heteroatoms. The Labute approximate surface area is 102 Å². The molecule has 0 spiro atoms. The summed E-state index contributed by atoms with van der Waals surface area (Å²) in [7, 11) is 0. The van der Waals surface area contributed by atoms with E-state index in [0.29, 0.717) is 5.56 Å². The number of amides is 2. The summed E-state index contributed by atoms with van der Waals surface area (Å²) in [6.45, 7) is 0. The van der Waals surface area contributed by atoms with Crippen molar-refractivity contribution in [1.29, 1.82) is 0 Å². The Morgan fingerprint density at radius 1 is 1.11 bits per heavy atom. The van der Waals surface area contributed by atoms with Crippen LogP contribution in [0.4, 0.5) is 4.79 Å². The molecule has 0 saturated heterocycles. The van der Waals surface area contributed by atoms with Crippen LogP contribution in [0.25, 0.3) is 10.8 Å². The second kappa shape index (κ2) is 3.66. The van der Waals surface area contributed by atoms with Crippen molar-refractivity contribution in [3.8, 4) is 0 Å². The Morgan fingerprint density at radius 3 is 2.44 bits per heavy atom. The van der Waals surface area contributed by atoms with Gasteiger partial charge in [-0.25, -0.2) is 10.2 Å². The molecule has 0 bridgehead atoms. The molecule has 1 aliphatic carbocycles. The van der Waals surface area contributed by atoms with Crippen LogP contribution in [-0.4, -0.2) is 17.5 Å². The number of hydrogen-bond donors (Lipinski definition) is 2. The van der Waals surface area contributed by atoms with Gasteiger partial charge in [0.05, 0.1) is 0 Å². The van der Waals surface area contributed by atoms with E-state index in [1.54, 1.807) is 12.1 Å². The molecule has 2 aromatic carbocycles. The third kappa shape index (κ3) is 1.37. The Balaban J connectivity index is 2.26. The third-order valence-corrected chi connectivity index (χ3v) is 2.90. The Kier molecular flexibility index (Phi) is 2.13. The number of rotatable bonds is 1. The fraction of sp³-hybridized carbons (Fsp3) is 0. The molecule has 88 valence electrons. The predicted molar refractivity (Wildman–Crippen MR) is 67.5 cm³/mol. The monoisotopic (exact) mass is 239 g/mol. The van der Waals surface area contributed by atoms with Crippen LogP contribution < -0.4 is 11.2 Å². The van der Waals surface area contributed by atoms with E-state index in [9.17, 15) is 9.59 Å². The highest BCUT2D eigenvalue weighted by Gasteiger charge is 2.28. The van der Waals surface area contributed by atoms with E-state index in [0.717, 1.165) is 16.3 Å². The molecule has 0 heterocycles. The van der Waals surface area contributed by atoms with Crippen LogP contribution >= 0.6 is 0 Å². The first-order valence-corrected chi connectivity index (χ1v) is 5.38. The molecule has 1 aliphatic rings. The summed E-state index contributed by atoms with van der Waals surface area (Å²) in [5.74, 6) is -0.199. The van der Waals surface area contributed by atoms with Gasteiger partial charge in [-0.05, 0) is 5.39 Å². The highest BCUT2D eigenvalue weighted by Crippen LogP contribution is 2.30. The summed E-state index contributed by atoms with van der Waals surface area (Å²) in [5.41, 5.74) is 8.60. The number of Topliss-reactive ketones (excluding diaryl/α,β-unsaturated/α-hetero) is 1. The second-order valence-corrected chi connectivity index (χ2v) is 3.97. The maximum absolute atomic E-state index is 12.2. The molecule has 0 unspecified atom stereocenters. The molecule has 3 N–H and O–H groups in total. The van der Waals surface area contributed by atoms with Crippen LogP contribution in [0.3, 0.4) is 0 Å². The first-order valence-electron chi connectivity index (χ1n) is 5.38. The lowest BCUT2D eigenvalue weighted by molar-refractivity contribution is 0.106. The van der Waals surface area contributed by atoms with Gasteiger partial charge >= 0.3 is 6.03 Å². The van der Waals surface area contributed by atoms with E-state index in [-0.39, 0.29) is 11.5 Å². The van der Waals surface area contributed by atoms with E-state index in [4.69, 9.17) is 5.73 Å². The summed E-state index contributed by atoms with van der Waals surface area (Å²) in [5, 5.41) is 5.63. The Hall–Kier alpha value is -2.69. The average molecular weight is 239 g/mol. The lowest BCUT2D eigenvalue weighted by Crippen LogP contribution is -2.27. The maximum atomic E-state index is 12.2. The van der Waals surface area contributed by atoms with E-state index in [1.807, 2.05) is 24.3 Å². The molecule has 2 aromatic rings. The van der Waals surface area contributed by atoms with Crippen molar-refractivity contribution < 1.29 is 9.59 Å². The Morgan fingerprint density at radius 2 is 1.78 bits per heavy atom. The summed E-state index contributed by atoms with van der Waals surface area (Å²) in [6.07, 6.45) is 0. The molecule has 0 aromatic heterocycles. The Bertz CT molecular complexity index is 714. The average Bonchev–Trinajstić information content (AvgIpc) is 2.63. The molecule has 18 heavy (non-hydrogen) atoms. The number of hydrazone groups is 1. The van der Waals surface area contributed by atoms with Gasteiger partial charge in [-0.2, -0.15) is 5.10 Å². The van der Waals surface area contributed by atoms with Gasteiger partial charge in [-0.3, -0.25) is 4.79 Å². The van der Waals surface area contributed by atoms with Crippen molar-refractivity contribution >= 4 is 28.3 Å². The second-order valence-electron chi connectivity index (χ2n) is 3.97. The number of carbonyl (C=O) groups is 2. The van der Waals surface area contributed by atoms with E-state index < -0.39 is 6.03 Å². The quantitative estimate of drug-likeness (QED) is 0.737. The van der Waals surface area contributed by atoms with Crippen molar-refractivity contribution in [1.82, 2.24) is 5.43 Å². The standard InChI is InChI=1S/C13H9N3O2/c14-13(18)16-15-11-8-5-1-3-7-4-2-6-9(10(7)8)12(11)17/h1-6H,(H3,14,16,18). The molecule has 3 rings (SSSR count). The van der Waals surface area contributed by atoms with Gasteiger partial charge in [0.2, 0.25) is 5.78 Å². The van der Waals surface area contributed by atoms with E-state index >= 15 is 0 Å².